The van der Waals surface area contributed by atoms with Crippen LogP contribution in [0.2, 0.25) is 0 Å². The predicted octanol–water partition coefficient (Wildman–Crippen LogP) is 2.57. The molecule has 18 heavy (non-hydrogen) atoms. The van der Waals surface area contributed by atoms with Crippen molar-refractivity contribution in [1.82, 2.24) is 0 Å². The molecule has 0 bridgehead atoms. The fraction of sp³-hybridized carbons (Fsp3) is 0.600. The molecule has 1 aliphatic rings. The third-order valence-electron chi connectivity index (χ3n) is 3.99. The maximum absolute atomic E-state index is 6.20. The minimum atomic E-state index is 0.146. The van der Waals surface area contributed by atoms with Gasteiger partial charge >= 0.3 is 0 Å². The number of hydrogen-bond acceptors (Lipinski definition) is 3. The van der Waals surface area contributed by atoms with Gasteiger partial charge in [-0.1, -0.05) is 19.9 Å². The molecule has 1 heterocycles. The van der Waals surface area contributed by atoms with Crippen LogP contribution in [0.5, 0.6) is 5.75 Å². The SMILES string of the molecule is COc1ccc(C)cc1N1CCC(N)C(C)(C)C1. The van der Waals surface area contributed by atoms with Crippen LogP contribution < -0.4 is 15.4 Å². The van der Waals surface area contributed by atoms with Gasteiger partial charge in [0.25, 0.3) is 0 Å². The summed E-state index contributed by atoms with van der Waals surface area (Å²) in [6.07, 6.45) is 1.03. The van der Waals surface area contributed by atoms with Crippen LogP contribution in [0.15, 0.2) is 18.2 Å². The molecule has 2 N–H and O–H groups in total. The minimum absolute atomic E-state index is 0.146. The van der Waals surface area contributed by atoms with Crippen LogP contribution in [-0.4, -0.2) is 26.2 Å². The Morgan fingerprint density at radius 2 is 2.11 bits per heavy atom. The Morgan fingerprint density at radius 1 is 1.39 bits per heavy atom. The Bertz CT molecular complexity index is 429. The Balaban J connectivity index is 2.29. The van der Waals surface area contributed by atoms with E-state index in [0.29, 0.717) is 0 Å². The van der Waals surface area contributed by atoms with Gasteiger partial charge in [0, 0.05) is 19.1 Å². The van der Waals surface area contributed by atoms with Crippen LogP contribution in [-0.2, 0) is 0 Å². The molecule has 1 aromatic rings. The number of piperidine rings is 1. The lowest BCUT2D eigenvalue weighted by atomic mass is 9.79. The molecule has 100 valence electrons. The van der Waals surface area contributed by atoms with Crippen molar-refractivity contribution in [2.24, 2.45) is 11.1 Å². The molecule has 0 radical (unpaired) electrons. The maximum atomic E-state index is 6.20. The van der Waals surface area contributed by atoms with Crippen molar-refractivity contribution in [3.05, 3.63) is 23.8 Å². The molecular formula is C15H24N2O. The van der Waals surface area contributed by atoms with Crippen molar-refractivity contribution in [2.75, 3.05) is 25.1 Å². The van der Waals surface area contributed by atoms with E-state index in [1.54, 1.807) is 7.11 Å². The van der Waals surface area contributed by atoms with Crippen molar-refractivity contribution in [1.29, 1.82) is 0 Å². The number of benzene rings is 1. The lowest BCUT2D eigenvalue weighted by molar-refractivity contribution is 0.244. The van der Waals surface area contributed by atoms with Gasteiger partial charge in [0.1, 0.15) is 5.75 Å². The molecule has 1 aromatic carbocycles. The fourth-order valence-electron chi connectivity index (χ4n) is 2.63. The van der Waals surface area contributed by atoms with Crippen molar-refractivity contribution in [2.45, 2.75) is 33.2 Å². The van der Waals surface area contributed by atoms with Gasteiger partial charge in [0.05, 0.1) is 12.8 Å². The molecule has 1 aliphatic heterocycles. The van der Waals surface area contributed by atoms with Crippen LogP contribution in [0.4, 0.5) is 5.69 Å². The smallest absolute Gasteiger partial charge is 0.142 e. The lowest BCUT2D eigenvalue weighted by Gasteiger charge is -2.44. The second-order valence-corrected chi connectivity index (χ2v) is 5.98. The molecule has 0 aromatic heterocycles. The van der Waals surface area contributed by atoms with E-state index in [-0.39, 0.29) is 11.5 Å². The molecule has 1 unspecified atom stereocenters. The van der Waals surface area contributed by atoms with Crippen molar-refractivity contribution in [3.63, 3.8) is 0 Å². The van der Waals surface area contributed by atoms with Crippen molar-refractivity contribution >= 4 is 5.69 Å². The van der Waals surface area contributed by atoms with Crippen LogP contribution in [0.3, 0.4) is 0 Å². The first-order chi connectivity index (χ1) is 8.44. The monoisotopic (exact) mass is 248 g/mol. The summed E-state index contributed by atoms with van der Waals surface area (Å²) in [5, 5.41) is 0. The molecule has 1 saturated heterocycles. The van der Waals surface area contributed by atoms with Crippen molar-refractivity contribution in [3.8, 4) is 5.75 Å². The van der Waals surface area contributed by atoms with Gasteiger partial charge in [-0.05, 0) is 36.5 Å². The largest absolute Gasteiger partial charge is 0.495 e. The molecule has 1 fully saturated rings. The molecular weight excluding hydrogens is 224 g/mol. The molecule has 3 nitrogen and oxygen atoms in total. The topological polar surface area (TPSA) is 38.5 Å². The third kappa shape index (κ3) is 2.46. The second kappa shape index (κ2) is 4.81. The summed E-state index contributed by atoms with van der Waals surface area (Å²) in [5.41, 5.74) is 8.80. The average Bonchev–Trinajstić information content (AvgIpc) is 2.32. The standard InChI is InChI=1S/C15H24N2O/c1-11-5-6-13(18-4)12(9-11)17-8-7-14(16)15(2,3)10-17/h5-6,9,14H,7-8,10,16H2,1-4H3. The number of ether oxygens (including phenoxy) is 1. The van der Waals surface area contributed by atoms with Gasteiger partial charge in [0.2, 0.25) is 0 Å². The van der Waals surface area contributed by atoms with Gasteiger partial charge in [0.15, 0.2) is 0 Å². The zero-order valence-electron chi connectivity index (χ0n) is 11.9. The predicted molar refractivity (Wildman–Crippen MR) is 76.3 cm³/mol. The highest BCUT2D eigenvalue weighted by atomic mass is 16.5. The Hall–Kier alpha value is -1.22. The molecule has 3 heteroatoms. The number of hydrogen-bond donors (Lipinski definition) is 1. The first-order valence-corrected chi connectivity index (χ1v) is 6.59. The molecule has 0 saturated carbocycles. The number of rotatable bonds is 2. The highest BCUT2D eigenvalue weighted by molar-refractivity contribution is 5.60. The van der Waals surface area contributed by atoms with E-state index in [9.17, 15) is 0 Å². The second-order valence-electron chi connectivity index (χ2n) is 5.98. The first-order valence-electron chi connectivity index (χ1n) is 6.59. The van der Waals surface area contributed by atoms with E-state index >= 15 is 0 Å². The Morgan fingerprint density at radius 3 is 2.72 bits per heavy atom. The molecule has 0 aliphatic carbocycles. The molecule has 0 spiro atoms. The highest BCUT2D eigenvalue weighted by Crippen LogP contribution is 2.36. The van der Waals surface area contributed by atoms with Crippen LogP contribution in [0.1, 0.15) is 25.8 Å². The zero-order chi connectivity index (χ0) is 13.3. The number of anilines is 1. The summed E-state index contributed by atoms with van der Waals surface area (Å²) < 4.78 is 5.48. The highest BCUT2D eigenvalue weighted by Gasteiger charge is 2.34. The van der Waals surface area contributed by atoms with Crippen LogP contribution in [0, 0.1) is 12.3 Å². The number of nitrogens with zero attached hydrogens (tertiary/aromatic N) is 1. The molecule has 1 atom stereocenters. The number of aryl methyl sites for hydroxylation is 1. The lowest BCUT2D eigenvalue weighted by Crippen LogP contribution is -2.52. The van der Waals surface area contributed by atoms with E-state index in [2.05, 4.69) is 37.8 Å². The summed E-state index contributed by atoms with van der Waals surface area (Å²) in [5.74, 6) is 0.951. The normalized spacial score (nSPS) is 22.9. The van der Waals surface area contributed by atoms with E-state index in [0.717, 1.165) is 25.3 Å². The van der Waals surface area contributed by atoms with Crippen molar-refractivity contribution < 1.29 is 4.74 Å². The van der Waals surface area contributed by atoms with Gasteiger partial charge in [-0.15, -0.1) is 0 Å². The first kappa shape index (κ1) is 13.2. The van der Waals surface area contributed by atoms with Gasteiger partial charge in [-0.3, -0.25) is 0 Å². The quantitative estimate of drug-likeness (QED) is 0.874. The molecule has 2 rings (SSSR count). The fourth-order valence-corrected chi connectivity index (χ4v) is 2.63. The maximum Gasteiger partial charge on any atom is 0.142 e. The summed E-state index contributed by atoms with van der Waals surface area (Å²) >= 11 is 0. The Kier molecular flexibility index (Phi) is 3.53. The van der Waals surface area contributed by atoms with Gasteiger partial charge < -0.3 is 15.4 Å². The summed E-state index contributed by atoms with van der Waals surface area (Å²) in [4.78, 5) is 2.40. The molecule has 0 amide bonds. The summed E-state index contributed by atoms with van der Waals surface area (Å²) in [7, 11) is 1.73. The van der Waals surface area contributed by atoms with E-state index in [4.69, 9.17) is 10.5 Å². The van der Waals surface area contributed by atoms with E-state index in [1.165, 1.54) is 11.3 Å². The van der Waals surface area contributed by atoms with Gasteiger partial charge in [-0.2, -0.15) is 0 Å². The average molecular weight is 248 g/mol. The minimum Gasteiger partial charge on any atom is -0.495 e. The number of nitrogens with two attached hydrogens (primary N) is 1. The van der Waals surface area contributed by atoms with Gasteiger partial charge in [-0.25, -0.2) is 0 Å². The summed E-state index contributed by atoms with van der Waals surface area (Å²) in [6.45, 7) is 8.58. The van der Waals surface area contributed by atoms with E-state index in [1.807, 2.05) is 6.07 Å². The van der Waals surface area contributed by atoms with Crippen LogP contribution >= 0.6 is 0 Å². The Labute approximate surface area is 110 Å². The zero-order valence-corrected chi connectivity index (χ0v) is 11.9. The summed E-state index contributed by atoms with van der Waals surface area (Å²) in [6, 6.07) is 6.62. The number of methoxy groups -OCH3 is 1. The van der Waals surface area contributed by atoms with Crippen LogP contribution in [0.25, 0.3) is 0 Å². The van der Waals surface area contributed by atoms with E-state index < -0.39 is 0 Å². The third-order valence-corrected chi connectivity index (χ3v) is 3.99.